The average molecular weight is 343 g/mol. The minimum Gasteiger partial charge on any atom is -0.382 e. The largest absolute Gasteiger partial charge is 0.382 e. The summed E-state index contributed by atoms with van der Waals surface area (Å²) >= 11 is 0. The average Bonchev–Trinajstić information content (AvgIpc) is 2.99. The summed E-state index contributed by atoms with van der Waals surface area (Å²) in [5.74, 6) is 0.0150. The van der Waals surface area contributed by atoms with E-state index in [1.807, 2.05) is 60.7 Å². The van der Waals surface area contributed by atoms with E-state index in [-0.39, 0.29) is 17.6 Å². The number of nitrogens with zero attached hydrogens (tertiary/aromatic N) is 3. The minimum atomic E-state index is -0.386. The number of rotatable bonds is 4. The van der Waals surface area contributed by atoms with E-state index in [2.05, 4.69) is 5.10 Å². The first-order chi connectivity index (χ1) is 11.9. The van der Waals surface area contributed by atoms with Crippen LogP contribution in [-0.4, -0.2) is 59.1 Å². The van der Waals surface area contributed by atoms with Gasteiger partial charge in [0.15, 0.2) is 0 Å². The van der Waals surface area contributed by atoms with Gasteiger partial charge in [0.25, 0.3) is 5.91 Å². The Balaban J connectivity index is 1.77. The minimum absolute atomic E-state index is 0.0150. The van der Waals surface area contributed by atoms with Crippen LogP contribution in [0.2, 0.25) is 0 Å². The third-order valence-electron chi connectivity index (χ3n) is 4.31. The number of benzene rings is 1. The normalized spacial score (nSPS) is 19.8. The molecule has 0 bridgehead atoms. The van der Waals surface area contributed by atoms with E-state index in [0.717, 1.165) is 11.4 Å². The van der Waals surface area contributed by atoms with Crippen molar-refractivity contribution < 1.29 is 14.3 Å². The summed E-state index contributed by atoms with van der Waals surface area (Å²) < 4.78 is 13.0. The van der Waals surface area contributed by atoms with Crippen molar-refractivity contribution in [2.45, 2.75) is 32.5 Å². The lowest BCUT2D eigenvalue weighted by Gasteiger charge is -2.42. The van der Waals surface area contributed by atoms with Gasteiger partial charge in [-0.05, 0) is 51.1 Å². The zero-order valence-corrected chi connectivity index (χ0v) is 15.2. The van der Waals surface area contributed by atoms with Crippen LogP contribution in [0.1, 0.15) is 29.9 Å². The third-order valence-corrected chi connectivity index (χ3v) is 4.31. The quantitative estimate of drug-likeness (QED) is 0.856. The number of morpholine rings is 1. The Bertz CT molecular complexity index is 737. The van der Waals surface area contributed by atoms with Gasteiger partial charge < -0.3 is 14.4 Å². The molecule has 1 saturated heterocycles. The number of amides is 1. The fourth-order valence-electron chi connectivity index (χ4n) is 3.29. The van der Waals surface area contributed by atoms with Crippen molar-refractivity contribution in [2.24, 2.45) is 0 Å². The number of carbonyl (C=O) groups is 1. The molecular weight excluding hydrogens is 318 g/mol. The Labute approximate surface area is 148 Å². The standard InChI is InChI=1S/C19H25N3O3/c1-14-9-10-20-22(14)16-7-5-15(6-8-16)18(23)21-11-17(12-24-4)25-19(2,3)13-21/h5-10,17H,11-13H2,1-4H3/t17-/m1/s1. The van der Waals surface area contributed by atoms with Crippen LogP contribution in [0.3, 0.4) is 0 Å². The highest BCUT2D eigenvalue weighted by Gasteiger charge is 2.35. The molecule has 1 aromatic carbocycles. The maximum Gasteiger partial charge on any atom is 0.254 e. The second-order valence-electron chi connectivity index (χ2n) is 7.07. The van der Waals surface area contributed by atoms with Gasteiger partial charge in [-0.2, -0.15) is 5.10 Å². The summed E-state index contributed by atoms with van der Waals surface area (Å²) in [5, 5.41) is 4.29. The maximum atomic E-state index is 12.9. The number of ether oxygens (including phenoxy) is 2. The van der Waals surface area contributed by atoms with Crippen LogP contribution < -0.4 is 0 Å². The van der Waals surface area contributed by atoms with Gasteiger partial charge in [0, 0.05) is 37.7 Å². The molecule has 0 N–H and O–H groups in total. The highest BCUT2D eigenvalue weighted by Crippen LogP contribution is 2.23. The van der Waals surface area contributed by atoms with Crippen molar-refractivity contribution >= 4 is 5.91 Å². The van der Waals surface area contributed by atoms with Crippen molar-refractivity contribution in [1.29, 1.82) is 0 Å². The van der Waals surface area contributed by atoms with Gasteiger partial charge in [0.2, 0.25) is 0 Å². The van der Waals surface area contributed by atoms with Crippen molar-refractivity contribution in [2.75, 3.05) is 26.8 Å². The number of aryl methyl sites for hydroxylation is 1. The van der Waals surface area contributed by atoms with Crippen molar-refractivity contribution in [1.82, 2.24) is 14.7 Å². The van der Waals surface area contributed by atoms with E-state index < -0.39 is 0 Å². The van der Waals surface area contributed by atoms with Gasteiger partial charge >= 0.3 is 0 Å². The topological polar surface area (TPSA) is 56.6 Å². The molecule has 3 rings (SSSR count). The Kier molecular flexibility index (Phi) is 4.92. The van der Waals surface area contributed by atoms with E-state index in [1.165, 1.54) is 0 Å². The molecular formula is C19H25N3O3. The van der Waals surface area contributed by atoms with Gasteiger partial charge in [-0.15, -0.1) is 0 Å². The number of hydrogen-bond donors (Lipinski definition) is 0. The molecule has 0 unspecified atom stereocenters. The predicted octanol–water partition coefficient (Wildman–Crippen LogP) is 2.45. The third kappa shape index (κ3) is 3.91. The number of methoxy groups -OCH3 is 1. The molecule has 0 spiro atoms. The summed E-state index contributed by atoms with van der Waals surface area (Å²) in [5.41, 5.74) is 2.28. The summed E-state index contributed by atoms with van der Waals surface area (Å²) in [6, 6.07) is 9.50. The summed E-state index contributed by atoms with van der Waals surface area (Å²) in [6.45, 7) is 7.57. The van der Waals surface area contributed by atoms with Crippen LogP contribution in [-0.2, 0) is 9.47 Å². The zero-order chi connectivity index (χ0) is 18.0. The summed E-state index contributed by atoms with van der Waals surface area (Å²) in [7, 11) is 1.65. The molecule has 1 amide bonds. The van der Waals surface area contributed by atoms with Gasteiger partial charge in [-0.25, -0.2) is 4.68 Å². The number of aromatic nitrogens is 2. The van der Waals surface area contributed by atoms with E-state index in [9.17, 15) is 4.79 Å². The SMILES string of the molecule is COC[C@H]1CN(C(=O)c2ccc(-n3nccc3C)cc2)CC(C)(C)O1. The molecule has 25 heavy (non-hydrogen) atoms. The van der Waals surface area contributed by atoms with Gasteiger partial charge in [0.1, 0.15) is 0 Å². The second kappa shape index (κ2) is 6.98. The van der Waals surface area contributed by atoms with Gasteiger partial charge in [-0.3, -0.25) is 4.79 Å². The molecule has 0 radical (unpaired) electrons. The number of hydrogen-bond acceptors (Lipinski definition) is 4. The molecule has 1 aliphatic heterocycles. The predicted molar refractivity (Wildman–Crippen MR) is 95.0 cm³/mol. The molecule has 1 atom stereocenters. The highest BCUT2D eigenvalue weighted by atomic mass is 16.5. The fraction of sp³-hybridized carbons (Fsp3) is 0.474. The second-order valence-corrected chi connectivity index (χ2v) is 7.07. The Hall–Kier alpha value is -2.18. The smallest absolute Gasteiger partial charge is 0.254 e. The van der Waals surface area contributed by atoms with E-state index in [1.54, 1.807) is 13.3 Å². The van der Waals surface area contributed by atoms with Crippen LogP contribution in [0.4, 0.5) is 0 Å². The molecule has 0 saturated carbocycles. The number of carbonyl (C=O) groups excluding carboxylic acids is 1. The first-order valence-electron chi connectivity index (χ1n) is 8.47. The lowest BCUT2D eigenvalue weighted by atomic mass is 10.0. The van der Waals surface area contributed by atoms with Crippen LogP contribution in [0.15, 0.2) is 36.5 Å². The monoisotopic (exact) mass is 343 g/mol. The van der Waals surface area contributed by atoms with Crippen molar-refractivity contribution in [3.8, 4) is 5.69 Å². The highest BCUT2D eigenvalue weighted by molar-refractivity contribution is 5.94. The Morgan fingerprint density at radius 3 is 2.64 bits per heavy atom. The molecule has 2 heterocycles. The van der Waals surface area contributed by atoms with Crippen LogP contribution in [0.25, 0.3) is 5.69 Å². The summed E-state index contributed by atoms with van der Waals surface area (Å²) in [4.78, 5) is 14.8. The Morgan fingerprint density at radius 1 is 1.32 bits per heavy atom. The first kappa shape index (κ1) is 17.6. The van der Waals surface area contributed by atoms with Gasteiger partial charge in [-0.1, -0.05) is 0 Å². The zero-order valence-electron chi connectivity index (χ0n) is 15.2. The molecule has 1 aromatic heterocycles. The van der Waals surface area contributed by atoms with Crippen LogP contribution in [0.5, 0.6) is 0 Å². The van der Waals surface area contributed by atoms with Gasteiger partial charge in [0.05, 0.1) is 24.0 Å². The van der Waals surface area contributed by atoms with Crippen LogP contribution >= 0.6 is 0 Å². The van der Waals surface area contributed by atoms with Crippen molar-refractivity contribution in [3.05, 3.63) is 47.8 Å². The molecule has 134 valence electrons. The lowest BCUT2D eigenvalue weighted by Crippen LogP contribution is -2.55. The molecule has 6 nitrogen and oxygen atoms in total. The first-order valence-corrected chi connectivity index (χ1v) is 8.47. The van der Waals surface area contributed by atoms with E-state index in [4.69, 9.17) is 9.47 Å². The molecule has 6 heteroatoms. The summed E-state index contributed by atoms with van der Waals surface area (Å²) in [6.07, 6.45) is 1.66. The Morgan fingerprint density at radius 2 is 2.04 bits per heavy atom. The fourth-order valence-corrected chi connectivity index (χ4v) is 3.29. The molecule has 1 fully saturated rings. The maximum absolute atomic E-state index is 12.9. The molecule has 1 aliphatic rings. The molecule has 0 aliphatic carbocycles. The van der Waals surface area contributed by atoms with Crippen LogP contribution in [0, 0.1) is 6.92 Å². The van der Waals surface area contributed by atoms with Crippen molar-refractivity contribution in [3.63, 3.8) is 0 Å². The lowest BCUT2D eigenvalue weighted by molar-refractivity contribution is -0.143. The van der Waals surface area contributed by atoms with E-state index in [0.29, 0.717) is 25.3 Å². The molecule has 2 aromatic rings. The van der Waals surface area contributed by atoms with E-state index >= 15 is 0 Å².